The summed E-state index contributed by atoms with van der Waals surface area (Å²) in [5.74, 6) is 0.903. The third-order valence-electron chi connectivity index (χ3n) is 4.30. The van der Waals surface area contributed by atoms with Crippen molar-refractivity contribution in [2.24, 2.45) is 18.0 Å². The van der Waals surface area contributed by atoms with Crippen LogP contribution in [0.25, 0.3) is 0 Å². The van der Waals surface area contributed by atoms with Crippen molar-refractivity contribution in [2.45, 2.75) is 37.9 Å². The molecule has 1 saturated carbocycles. The number of aromatic nitrogens is 2. The van der Waals surface area contributed by atoms with Crippen LogP contribution in [-0.4, -0.2) is 52.2 Å². The van der Waals surface area contributed by atoms with Crippen molar-refractivity contribution in [3.05, 3.63) is 18.0 Å². The van der Waals surface area contributed by atoms with E-state index < -0.39 is 5.60 Å². The fourth-order valence-electron chi connectivity index (χ4n) is 2.76. The van der Waals surface area contributed by atoms with Crippen molar-refractivity contribution < 1.29 is 10.2 Å². The van der Waals surface area contributed by atoms with Crippen LogP contribution in [0.1, 0.15) is 31.7 Å². The lowest BCUT2D eigenvalue weighted by molar-refractivity contribution is 0.0615. The first-order valence-corrected chi connectivity index (χ1v) is 7.76. The van der Waals surface area contributed by atoms with E-state index in [2.05, 4.69) is 20.7 Å². The zero-order chi connectivity index (χ0) is 16.2. The van der Waals surface area contributed by atoms with Gasteiger partial charge in [0.05, 0.1) is 18.8 Å². The fourth-order valence-corrected chi connectivity index (χ4v) is 2.76. The van der Waals surface area contributed by atoms with Crippen molar-refractivity contribution in [2.75, 3.05) is 20.1 Å². The summed E-state index contributed by atoms with van der Waals surface area (Å²) in [7, 11) is 3.51. The summed E-state index contributed by atoms with van der Waals surface area (Å²) in [5, 5.41) is 30.8. The first-order chi connectivity index (χ1) is 10.4. The van der Waals surface area contributed by atoms with Crippen LogP contribution < -0.4 is 10.6 Å². The Morgan fingerprint density at radius 2 is 2.22 bits per heavy atom. The lowest BCUT2D eigenvalue weighted by Gasteiger charge is -2.24. The first kappa shape index (κ1) is 20.2. The van der Waals surface area contributed by atoms with Gasteiger partial charge < -0.3 is 20.8 Å². The average molecular weight is 437 g/mol. The normalized spacial score (nSPS) is 24.0. The Morgan fingerprint density at radius 3 is 2.74 bits per heavy atom. The minimum Gasteiger partial charge on any atom is -0.393 e. The van der Waals surface area contributed by atoms with Gasteiger partial charge in [0.1, 0.15) is 5.60 Å². The van der Waals surface area contributed by atoms with Gasteiger partial charge in [0.2, 0.25) is 0 Å². The van der Waals surface area contributed by atoms with Gasteiger partial charge in [-0.1, -0.05) is 6.42 Å². The lowest BCUT2D eigenvalue weighted by Crippen LogP contribution is -2.46. The summed E-state index contributed by atoms with van der Waals surface area (Å²) < 4.78 is 1.67. The molecule has 7 nitrogen and oxygen atoms in total. The van der Waals surface area contributed by atoms with Crippen LogP contribution in [0.15, 0.2) is 17.4 Å². The molecule has 0 radical (unpaired) electrons. The Labute approximate surface area is 154 Å². The van der Waals surface area contributed by atoms with Crippen LogP contribution >= 0.6 is 24.0 Å². The highest BCUT2D eigenvalue weighted by molar-refractivity contribution is 14.0. The van der Waals surface area contributed by atoms with Gasteiger partial charge in [0, 0.05) is 38.3 Å². The van der Waals surface area contributed by atoms with Crippen molar-refractivity contribution in [3.63, 3.8) is 0 Å². The molecule has 0 amide bonds. The molecule has 1 aliphatic carbocycles. The number of nitrogens with one attached hydrogen (secondary N) is 2. The van der Waals surface area contributed by atoms with Gasteiger partial charge in [-0.3, -0.25) is 9.67 Å². The number of aliphatic hydroxyl groups excluding tert-OH is 1. The Bertz CT molecular complexity index is 518. The molecule has 3 atom stereocenters. The summed E-state index contributed by atoms with van der Waals surface area (Å²) >= 11 is 0. The van der Waals surface area contributed by atoms with E-state index in [1.807, 2.05) is 7.05 Å². The molecule has 2 rings (SSSR count). The fraction of sp³-hybridized carbons (Fsp3) is 0.733. The van der Waals surface area contributed by atoms with E-state index in [0.717, 1.165) is 24.8 Å². The molecule has 1 heterocycles. The van der Waals surface area contributed by atoms with E-state index in [4.69, 9.17) is 0 Å². The largest absolute Gasteiger partial charge is 0.393 e. The highest BCUT2D eigenvalue weighted by Crippen LogP contribution is 2.24. The molecule has 1 aliphatic rings. The van der Waals surface area contributed by atoms with Crippen LogP contribution in [0.4, 0.5) is 0 Å². The van der Waals surface area contributed by atoms with Crippen molar-refractivity contribution in [1.82, 2.24) is 20.4 Å². The number of rotatable bonds is 5. The van der Waals surface area contributed by atoms with Gasteiger partial charge >= 0.3 is 0 Å². The Morgan fingerprint density at radius 1 is 1.48 bits per heavy atom. The molecule has 3 unspecified atom stereocenters. The minimum absolute atomic E-state index is 0. The average Bonchev–Trinajstić information content (AvgIpc) is 3.08. The summed E-state index contributed by atoms with van der Waals surface area (Å²) in [6, 6.07) is 0. The van der Waals surface area contributed by atoms with Gasteiger partial charge in [0.25, 0.3) is 0 Å². The molecule has 0 aromatic carbocycles. The molecule has 1 aromatic rings. The van der Waals surface area contributed by atoms with E-state index in [0.29, 0.717) is 19.0 Å². The van der Waals surface area contributed by atoms with Gasteiger partial charge in [-0.2, -0.15) is 5.10 Å². The second-order valence-corrected chi connectivity index (χ2v) is 6.24. The van der Waals surface area contributed by atoms with Crippen molar-refractivity contribution >= 4 is 29.9 Å². The van der Waals surface area contributed by atoms with E-state index >= 15 is 0 Å². The maximum Gasteiger partial charge on any atom is 0.191 e. The number of halogens is 1. The minimum atomic E-state index is -1.03. The molecule has 8 heteroatoms. The molecular weight excluding hydrogens is 409 g/mol. The van der Waals surface area contributed by atoms with Gasteiger partial charge in [-0.05, 0) is 19.8 Å². The molecule has 0 aliphatic heterocycles. The Kier molecular flexibility index (Phi) is 7.75. The number of nitrogens with zero attached hydrogens (tertiary/aromatic N) is 3. The second kappa shape index (κ2) is 8.84. The molecule has 1 aromatic heterocycles. The second-order valence-electron chi connectivity index (χ2n) is 6.24. The predicted octanol–water partition coefficient (Wildman–Crippen LogP) is 0.572. The topological polar surface area (TPSA) is 94.7 Å². The van der Waals surface area contributed by atoms with E-state index in [1.54, 1.807) is 31.0 Å². The summed E-state index contributed by atoms with van der Waals surface area (Å²) in [6.07, 6.45) is 6.24. The van der Waals surface area contributed by atoms with Gasteiger partial charge in [0.15, 0.2) is 5.96 Å². The predicted molar refractivity (Wildman–Crippen MR) is 101 cm³/mol. The third kappa shape index (κ3) is 5.61. The molecule has 0 saturated heterocycles. The number of guanidine groups is 1. The first-order valence-electron chi connectivity index (χ1n) is 7.76. The lowest BCUT2D eigenvalue weighted by atomic mass is 10.00. The maximum absolute atomic E-state index is 10.5. The summed E-state index contributed by atoms with van der Waals surface area (Å²) in [4.78, 5) is 4.16. The molecule has 23 heavy (non-hydrogen) atoms. The number of aliphatic hydroxyl groups is 2. The van der Waals surface area contributed by atoms with Crippen molar-refractivity contribution in [1.29, 1.82) is 0 Å². The molecule has 4 N–H and O–H groups in total. The van der Waals surface area contributed by atoms with Gasteiger partial charge in [-0.15, -0.1) is 24.0 Å². The standard InChI is InChI=1S/C15H27N5O2.HI/c1-15(22,12-8-19-20(3)9-12)10-18-14(16-2)17-7-11-5-4-6-13(11)21;/h8-9,11,13,21-22H,4-7,10H2,1-3H3,(H2,16,17,18);1H. The zero-order valence-corrected chi connectivity index (χ0v) is 16.3. The number of hydrogen-bond acceptors (Lipinski definition) is 4. The van der Waals surface area contributed by atoms with E-state index in [9.17, 15) is 10.2 Å². The molecule has 0 bridgehead atoms. The van der Waals surface area contributed by atoms with Crippen molar-refractivity contribution in [3.8, 4) is 0 Å². The third-order valence-corrected chi connectivity index (χ3v) is 4.30. The number of aliphatic imine (C=N–C) groups is 1. The molecular formula is C15H28IN5O2. The molecule has 132 valence electrons. The van der Waals surface area contributed by atoms with Crippen LogP contribution in [0.3, 0.4) is 0 Å². The smallest absolute Gasteiger partial charge is 0.191 e. The van der Waals surface area contributed by atoms with Gasteiger partial charge in [-0.25, -0.2) is 0 Å². The molecule has 0 spiro atoms. The number of aryl methyl sites for hydroxylation is 1. The highest BCUT2D eigenvalue weighted by atomic mass is 127. The summed E-state index contributed by atoms with van der Waals surface area (Å²) in [6.45, 7) is 2.76. The summed E-state index contributed by atoms with van der Waals surface area (Å²) in [5.41, 5.74) is -0.275. The monoisotopic (exact) mass is 437 g/mol. The Balaban J connectivity index is 0.00000264. The maximum atomic E-state index is 10.5. The number of hydrogen-bond donors (Lipinski definition) is 4. The van der Waals surface area contributed by atoms with Crippen LogP contribution in [-0.2, 0) is 12.6 Å². The van der Waals surface area contributed by atoms with Crippen LogP contribution in [0.2, 0.25) is 0 Å². The Hall–Kier alpha value is -0.870. The zero-order valence-electron chi connectivity index (χ0n) is 14.0. The SMILES string of the molecule is CN=C(NCC1CCCC1O)NCC(C)(O)c1cnn(C)c1.I. The van der Waals surface area contributed by atoms with Crippen LogP contribution in [0.5, 0.6) is 0 Å². The highest BCUT2D eigenvalue weighted by Gasteiger charge is 2.27. The molecule has 1 fully saturated rings. The van der Waals surface area contributed by atoms with Crippen LogP contribution in [0, 0.1) is 5.92 Å². The van der Waals surface area contributed by atoms with E-state index in [1.165, 1.54) is 0 Å². The quantitative estimate of drug-likeness (QED) is 0.307. The van der Waals surface area contributed by atoms with E-state index in [-0.39, 0.29) is 36.0 Å².